The van der Waals surface area contributed by atoms with Crippen LogP contribution in [0.5, 0.6) is 0 Å². The summed E-state index contributed by atoms with van der Waals surface area (Å²) in [7, 11) is -0.173. The number of quaternary nitrogens is 1. The lowest BCUT2D eigenvalue weighted by Gasteiger charge is -2.09. The lowest BCUT2D eigenvalue weighted by Crippen LogP contribution is -3.06. The van der Waals surface area contributed by atoms with Gasteiger partial charge in [-0.3, -0.25) is 0 Å². The monoisotopic (exact) mass is 265 g/mol. The fourth-order valence-corrected chi connectivity index (χ4v) is 2.30. The Hall–Kier alpha value is -1.05. The molecular weight excluding hydrogens is 250 g/mol. The number of likely N-dealkylation sites (N-methyl/N-ethyl adjacent to an activating group) is 1. The van der Waals surface area contributed by atoms with Crippen molar-refractivity contribution < 1.29 is 22.1 Å². The number of nitrogens with one attached hydrogen (secondary N) is 2. The van der Waals surface area contributed by atoms with Crippen LogP contribution in [0, 0.1) is 11.6 Å². The molecule has 0 unspecified atom stereocenters. The van der Waals surface area contributed by atoms with E-state index in [0.29, 0.717) is 12.6 Å². The molecule has 1 aromatic rings. The lowest BCUT2D eigenvalue weighted by molar-refractivity contribution is -0.856. The molecular formula is C10H15F2N2O2S+. The highest BCUT2D eigenvalue weighted by Gasteiger charge is 2.19. The van der Waals surface area contributed by atoms with E-state index in [1.807, 2.05) is 14.1 Å². The number of benzene rings is 1. The molecule has 1 aromatic carbocycles. The predicted molar refractivity (Wildman–Crippen MR) is 59.2 cm³/mol. The van der Waals surface area contributed by atoms with Gasteiger partial charge in [-0.2, -0.15) is 0 Å². The molecule has 0 saturated heterocycles. The highest BCUT2D eigenvalue weighted by atomic mass is 32.2. The van der Waals surface area contributed by atoms with Gasteiger partial charge in [-0.15, -0.1) is 0 Å². The summed E-state index contributed by atoms with van der Waals surface area (Å²) in [5.41, 5.74) is 0. The van der Waals surface area contributed by atoms with Crippen LogP contribution in [0.2, 0.25) is 0 Å². The maximum absolute atomic E-state index is 13.3. The van der Waals surface area contributed by atoms with Crippen LogP contribution in [-0.4, -0.2) is 35.6 Å². The molecule has 0 fully saturated rings. The van der Waals surface area contributed by atoms with E-state index in [9.17, 15) is 17.2 Å². The summed E-state index contributed by atoms with van der Waals surface area (Å²) in [5.74, 6) is -1.89. The molecule has 96 valence electrons. The molecule has 0 amide bonds. The summed E-state index contributed by atoms with van der Waals surface area (Å²) in [5, 5.41) is 0. The van der Waals surface area contributed by atoms with Gasteiger partial charge in [0, 0.05) is 6.07 Å². The predicted octanol–water partition coefficient (Wildman–Crippen LogP) is -0.612. The van der Waals surface area contributed by atoms with Crippen LogP contribution >= 0.6 is 0 Å². The van der Waals surface area contributed by atoms with Crippen LogP contribution in [0.3, 0.4) is 0 Å². The van der Waals surface area contributed by atoms with E-state index < -0.39 is 26.6 Å². The van der Waals surface area contributed by atoms with Crippen LogP contribution in [0.1, 0.15) is 0 Å². The zero-order valence-electron chi connectivity index (χ0n) is 9.63. The first-order valence-electron chi connectivity index (χ1n) is 5.06. The van der Waals surface area contributed by atoms with E-state index in [-0.39, 0.29) is 6.54 Å². The Bertz CT molecular complexity index is 489. The van der Waals surface area contributed by atoms with E-state index in [1.165, 1.54) is 0 Å². The molecule has 0 aliphatic rings. The Morgan fingerprint density at radius 2 is 1.94 bits per heavy atom. The molecule has 7 heteroatoms. The number of hydrogen-bond acceptors (Lipinski definition) is 2. The number of sulfonamides is 1. The Labute approximate surface area is 99.3 Å². The van der Waals surface area contributed by atoms with Gasteiger partial charge in [0.1, 0.15) is 16.5 Å². The van der Waals surface area contributed by atoms with Gasteiger partial charge in [0.15, 0.2) is 0 Å². The molecule has 0 saturated carbocycles. The largest absolute Gasteiger partial charge is 0.339 e. The maximum atomic E-state index is 13.3. The number of halogens is 2. The second-order valence-electron chi connectivity index (χ2n) is 3.93. The van der Waals surface area contributed by atoms with Crippen LogP contribution in [-0.2, 0) is 10.0 Å². The first-order valence-corrected chi connectivity index (χ1v) is 6.55. The highest BCUT2D eigenvalue weighted by Crippen LogP contribution is 2.14. The zero-order valence-corrected chi connectivity index (χ0v) is 10.4. The van der Waals surface area contributed by atoms with E-state index in [4.69, 9.17) is 0 Å². The summed E-state index contributed by atoms with van der Waals surface area (Å²) in [6, 6.07) is 2.37. The molecule has 0 spiro atoms. The molecule has 0 atom stereocenters. The molecule has 0 aliphatic heterocycles. The van der Waals surface area contributed by atoms with Crippen LogP contribution < -0.4 is 9.62 Å². The van der Waals surface area contributed by atoms with Gasteiger partial charge < -0.3 is 4.90 Å². The second kappa shape index (κ2) is 5.52. The van der Waals surface area contributed by atoms with Crippen molar-refractivity contribution in [2.75, 3.05) is 27.2 Å². The van der Waals surface area contributed by atoms with Gasteiger partial charge in [0.2, 0.25) is 10.0 Å². The normalized spacial score (nSPS) is 12.1. The van der Waals surface area contributed by atoms with E-state index in [2.05, 4.69) is 4.72 Å². The van der Waals surface area contributed by atoms with Crippen LogP contribution in [0.15, 0.2) is 23.1 Å². The Morgan fingerprint density at radius 3 is 2.47 bits per heavy atom. The maximum Gasteiger partial charge on any atom is 0.243 e. The van der Waals surface area contributed by atoms with E-state index in [1.54, 1.807) is 0 Å². The third-order valence-electron chi connectivity index (χ3n) is 2.10. The summed E-state index contributed by atoms with van der Waals surface area (Å²) in [6.45, 7) is 0.767. The molecule has 0 radical (unpaired) electrons. The molecule has 0 bridgehead atoms. The molecule has 0 aliphatic carbocycles. The smallest absolute Gasteiger partial charge is 0.243 e. The van der Waals surface area contributed by atoms with Gasteiger partial charge in [-0.25, -0.2) is 21.9 Å². The highest BCUT2D eigenvalue weighted by molar-refractivity contribution is 7.89. The molecule has 17 heavy (non-hydrogen) atoms. The fraction of sp³-hybridized carbons (Fsp3) is 0.400. The summed E-state index contributed by atoms with van der Waals surface area (Å²) >= 11 is 0. The van der Waals surface area contributed by atoms with Crippen molar-refractivity contribution in [1.82, 2.24) is 4.72 Å². The SMILES string of the molecule is C[NH+](C)CCNS(=O)(=O)c1ccc(F)cc1F. The van der Waals surface area contributed by atoms with Gasteiger partial charge in [0.25, 0.3) is 0 Å². The number of rotatable bonds is 5. The average Bonchev–Trinajstić information content (AvgIpc) is 2.15. The van der Waals surface area contributed by atoms with Crippen molar-refractivity contribution in [2.45, 2.75) is 4.90 Å². The van der Waals surface area contributed by atoms with Crippen molar-refractivity contribution in [3.8, 4) is 0 Å². The zero-order chi connectivity index (χ0) is 13.1. The minimum atomic E-state index is -3.91. The topological polar surface area (TPSA) is 50.6 Å². The van der Waals surface area contributed by atoms with Crippen molar-refractivity contribution in [2.24, 2.45) is 0 Å². The Kier molecular flexibility index (Phi) is 4.55. The van der Waals surface area contributed by atoms with Crippen molar-refractivity contribution >= 4 is 10.0 Å². The third-order valence-corrected chi connectivity index (χ3v) is 3.59. The average molecular weight is 265 g/mol. The van der Waals surface area contributed by atoms with Crippen LogP contribution in [0.4, 0.5) is 8.78 Å². The molecule has 0 heterocycles. The van der Waals surface area contributed by atoms with Gasteiger partial charge in [0.05, 0.1) is 27.2 Å². The standard InChI is InChI=1S/C10H14F2N2O2S/c1-14(2)6-5-13-17(15,16)10-4-3-8(11)7-9(10)12/h3-4,7,13H,5-6H2,1-2H3/p+1. The molecule has 0 aromatic heterocycles. The summed E-state index contributed by atoms with van der Waals surface area (Å²) in [4.78, 5) is 0.528. The van der Waals surface area contributed by atoms with Crippen molar-refractivity contribution in [3.05, 3.63) is 29.8 Å². The first kappa shape index (κ1) is 14.0. The Balaban J connectivity index is 2.83. The minimum absolute atomic E-state index is 0.196. The minimum Gasteiger partial charge on any atom is -0.339 e. The number of hydrogen-bond donors (Lipinski definition) is 2. The molecule has 1 rings (SSSR count). The van der Waals surface area contributed by atoms with E-state index in [0.717, 1.165) is 17.0 Å². The summed E-state index contributed by atoms with van der Waals surface area (Å²) in [6.07, 6.45) is 0. The quantitative estimate of drug-likeness (QED) is 0.746. The van der Waals surface area contributed by atoms with Gasteiger partial charge >= 0.3 is 0 Å². The first-order chi connectivity index (χ1) is 7.83. The third kappa shape index (κ3) is 4.03. The lowest BCUT2D eigenvalue weighted by atomic mass is 10.3. The van der Waals surface area contributed by atoms with Gasteiger partial charge in [-0.05, 0) is 12.1 Å². The van der Waals surface area contributed by atoms with Crippen molar-refractivity contribution in [3.63, 3.8) is 0 Å². The Morgan fingerprint density at radius 1 is 1.29 bits per heavy atom. The molecule has 2 N–H and O–H groups in total. The second-order valence-corrected chi connectivity index (χ2v) is 5.67. The fourth-order valence-electron chi connectivity index (χ4n) is 1.21. The molecule has 4 nitrogen and oxygen atoms in total. The van der Waals surface area contributed by atoms with Crippen LogP contribution in [0.25, 0.3) is 0 Å². The van der Waals surface area contributed by atoms with Crippen molar-refractivity contribution in [1.29, 1.82) is 0 Å². The van der Waals surface area contributed by atoms with Gasteiger partial charge in [-0.1, -0.05) is 0 Å². The summed E-state index contributed by atoms with van der Waals surface area (Å²) < 4.78 is 51.5. The van der Waals surface area contributed by atoms with E-state index >= 15 is 0 Å².